The van der Waals surface area contributed by atoms with Gasteiger partial charge in [-0.05, 0) is 25.0 Å². The van der Waals surface area contributed by atoms with Crippen LogP contribution in [-0.4, -0.2) is 27.6 Å². The quantitative estimate of drug-likeness (QED) is 0.507. The van der Waals surface area contributed by atoms with Gasteiger partial charge in [-0.1, -0.05) is 85.4 Å². The Morgan fingerprint density at radius 1 is 0.966 bits per heavy atom. The van der Waals surface area contributed by atoms with Crippen LogP contribution in [0.5, 0.6) is 0 Å². The molecule has 2 aromatic rings. The Labute approximate surface area is 180 Å². The lowest BCUT2D eigenvalue weighted by molar-refractivity contribution is -0.122. The monoisotopic (exact) mass is 422 g/mol. The van der Waals surface area contributed by atoms with Crippen molar-refractivity contribution >= 4 is 51.4 Å². The normalized spacial score (nSPS) is 18.8. The van der Waals surface area contributed by atoms with E-state index in [0.717, 1.165) is 29.7 Å². The first-order valence-electron chi connectivity index (χ1n) is 9.76. The third-order valence-electron chi connectivity index (χ3n) is 5.20. The molecular weight excluding hydrogens is 400 g/mol. The highest BCUT2D eigenvalue weighted by Gasteiger charge is 2.41. The van der Waals surface area contributed by atoms with Gasteiger partial charge in [0.1, 0.15) is 4.32 Å². The lowest BCUT2D eigenvalue weighted by atomic mass is 10.1. The molecule has 4 nitrogen and oxygen atoms in total. The maximum absolute atomic E-state index is 13.4. The van der Waals surface area contributed by atoms with E-state index in [4.69, 9.17) is 12.2 Å². The highest BCUT2D eigenvalue weighted by molar-refractivity contribution is 8.26. The van der Waals surface area contributed by atoms with Crippen LogP contribution in [0.3, 0.4) is 0 Å². The van der Waals surface area contributed by atoms with Crippen molar-refractivity contribution in [2.75, 3.05) is 11.4 Å². The first-order valence-corrected chi connectivity index (χ1v) is 11.0. The number of thioether (sulfide) groups is 1. The second kappa shape index (κ2) is 8.13. The van der Waals surface area contributed by atoms with Gasteiger partial charge in [0.2, 0.25) is 0 Å². The van der Waals surface area contributed by atoms with Crippen molar-refractivity contribution in [2.24, 2.45) is 0 Å². The fraction of sp³-hybridized carbons (Fsp3) is 0.261. The molecule has 2 aromatic carbocycles. The van der Waals surface area contributed by atoms with E-state index in [9.17, 15) is 9.59 Å². The summed E-state index contributed by atoms with van der Waals surface area (Å²) in [6.07, 6.45) is 1.87. The molecule has 29 heavy (non-hydrogen) atoms. The van der Waals surface area contributed by atoms with Crippen LogP contribution < -0.4 is 4.90 Å². The van der Waals surface area contributed by atoms with Gasteiger partial charge < -0.3 is 4.90 Å². The molecule has 1 fully saturated rings. The summed E-state index contributed by atoms with van der Waals surface area (Å²) < 4.78 is 0.535. The van der Waals surface area contributed by atoms with Gasteiger partial charge in [-0.25, -0.2) is 0 Å². The number of thiocarbonyl (C=S) groups is 1. The maximum atomic E-state index is 13.4. The first kappa shape index (κ1) is 19.9. The number of carbonyl (C=O) groups is 2. The van der Waals surface area contributed by atoms with Gasteiger partial charge in [0.25, 0.3) is 11.8 Å². The van der Waals surface area contributed by atoms with Crippen molar-refractivity contribution in [3.05, 3.63) is 70.1 Å². The fourth-order valence-corrected chi connectivity index (χ4v) is 4.97. The van der Waals surface area contributed by atoms with Gasteiger partial charge in [0.05, 0.1) is 22.7 Å². The number of anilines is 1. The Balaban J connectivity index is 1.73. The molecule has 0 atom stereocenters. The number of amides is 2. The number of carbonyl (C=O) groups excluding carboxylic acids is 2. The van der Waals surface area contributed by atoms with Gasteiger partial charge in [-0.3, -0.25) is 14.5 Å². The van der Waals surface area contributed by atoms with Crippen LogP contribution in [0.25, 0.3) is 5.57 Å². The zero-order valence-electron chi connectivity index (χ0n) is 16.5. The lowest BCUT2D eigenvalue weighted by Gasteiger charge is -2.17. The molecule has 0 saturated carbocycles. The third-order valence-corrected chi connectivity index (χ3v) is 6.64. The van der Waals surface area contributed by atoms with Gasteiger partial charge >= 0.3 is 0 Å². The zero-order valence-corrected chi connectivity index (χ0v) is 18.1. The zero-order chi connectivity index (χ0) is 20.5. The Hall–Kier alpha value is -2.44. The summed E-state index contributed by atoms with van der Waals surface area (Å²) in [5.74, 6) is -0.286. The molecule has 2 heterocycles. The van der Waals surface area contributed by atoms with Crippen molar-refractivity contribution in [1.29, 1.82) is 0 Å². The molecule has 0 aliphatic carbocycles. The summed E-state index contributed by atoms with van der Waals surface area (Å²) in [5, 5.41) is 0. The predicted molar refractivity (Wildman–Crippen MR) is 123 cm³/mol. The maximum Gasteiger partial charge on any atom is 0.267 e. The summed E-state index contributed by atoms with van der Waals surface area (Å²) in [4.78, 5) is 30.3. The largest absolute Gasteiger partial charge is 0.303 e. The van der Waals surface area contributed by atoms with E-state index >= 15 is 0 Å². The molecule has 6 heteroatoms. The van der Waals surface area contributed by atoms with E-state index < -0.39 is 0 Å². The number of unbranched alkanes of at least 4 members (excludes halogenated alkanes) is 1. The van der Waals surface area contributed by atoms with E-state index in [0.29, 0.717) is 27.9 Å². The van der Waals surface area contributed by atoms with E-state index in [1.165, 1.54) is 17.3 Å². The minimum absolute atomic E-state index is 0.136. The summed E-state index contributed by atoms with van der Waals surface area (Å²) >= 11 is 6.68. The van der Waals surface area contributed by atoms with Crippen molar-refractivity contribution in [1.82, 2.24) is 4.90 Å². The summed E-state index contributed by atoms with van der Waals surface area (Å²) in [6.45, 7) is 5.19. The van der Waals surface area contributed by atoms with E-state index in [1.807, 2.05) is 55.5 Å². The van der Waals surface area contributed by atoms with Gasteiger partial charge in [0.15, 0.2) is 0 Å². The van der Waals surface area contributed by atoms with Crippen molar-refractivity contribution in [2.45, 2.75) is 33.2 Å². The molecule has 2 aliphatic rings. The molecule has 2 aliphatic heterocycles. The number of para-hydroxylation sites is 1. The topological polar surface area (TPSA) is 40.6 Å². The van der Waals surface area contributed by atoms with Crippen molar-refractivity contribution < 1.29 is 9.59 Å². The average molecular weight is 423 g/mol. The predicted octanol–water partition coefficient (Wildman–Crippen LogP) is 4.91. The summed E-state index contributed by atoms with van der Waals surface area (Å²) in [6, 6.07) is 15.8. The molecule has 0 unspecified atom stereocenters. The molecule has 4 rings (SSSR count). The van der Waals surface area contributed by atoms with E-state index in [-0.39, 0.29) is 11.8 Å². The van der Waals surface area contributed by atoms with Gasteiger partial charge in [-0.15, -0.1) is 0 Å². The number of fused-ring (bicyclic) bond motifs is 1. The van der Waals surface area contributed by atoms with E-state index in [1.54, 1.807) is 9.80 Å². The Kier molecular flexibility index (Phi) is 5.56. The second-order valence-corrected chi connectivity index (χ2v) is 8.92. The SMILES string of the molecule is CCCCN1C(=O)/C(=C2/C(=O)N(Cc3ccc(C)cc3)c3ccccc32)SC1=S. The molecular formula is C23H22N2O2S2. The van der Waals surface area contributed by atoms with Crippen LogP contribution in [0.2, 0.25) is 0 Å². The van der Waals surface area contributed by atoms with E-state index in [2.05, 4.69) is 6.92 Å². The van der Waals surface area contributed by atoms with Gasteiger partial charge in [0, 0.05) is 12.1 Å². The van der Waals surface area contributed by atoms with Crippen LogP contribution in [0, 0.1) is 6.92 Å². The number of hydrogen-bond donors (Lipinski definition) is 0. The number of hydrogen-bond acceptors (Lipinski definition) is 4. The number of benzene rings is 2. The van der Waals surface area contributed by atoms with Crippen LogP contribution in [0.15, 0.2) is 53.4 Å². The first-order chi connectivity index (χ1) is 14.0. The molecule has 1 saturated heterocycles. The number of nitrogens with zero attached hydrogens (tertiary/aromatic N) is 2. The standard InChI is InChI=1S/C23H22N2O2S2/c1-3-4-13-24-22(27)20(29-23(24)28)19-17-7-5-6-8-18(17)25(21(19)26)14-16-11-9-15(2)10-12-16/h5-12H,3-4,13-14H2,1-2H3/b20-19-. The highest BCUT2D eigenvalue weighted by atomic mass is 32.2. The van der Waals surface area contributed by atoms with Crippen molar-refractivity contribution in [3.8, 4) is 0 Å². The lowest BCUT2D eigenvalue weighted by Crippen LogP contribution is -2.30. The fourth-order valence-electron chi connectivity index (χ4n) is 3.59. The smallest absolute Gasteiger partial charge is 0.267 e. The Morgan fingerprint density at radius 3 is 2.41 bits per heavy atom. The highest BCUT2D eigenvalue weighted by Crippen LogP contribution is 2.45. The number of rotatable bonds is 5. The third kappa shape index (κ3) is 3.63. The Morgan fingerprint density at radius 2 is 1.69 bits per heavy atom. The molecule has 148 valence electrons. The van der Waals surface area contributed by atoms with Crippen molar-refractivity contribution in [3.63, 3.8) is 0 Å². The van der Waals surface area contributed by atoms with Crippen LogP contribution in [0.4, 0.5) is 5.69 Å². The summed E-state index contributed by atoms with van der Waals surface area (Å²) in [5.41, 5.74) is 4.35. The van der Waals surface area contributed by atoms with Crippen LogP contribution >= 0.6 is 24.0 Å². The second-order valence-electron chi connectivity index (χ2n) is 7.28. The minimum Gasteiger partial charge on any atom is -0.303 e. The summed E-state index contributed by atoms with van der Waals surface area (Å²) in [7, 11) is 0. The number of aryl methyl sites for hydroxylation is 1. The molecule has 2 amide bonds. The Bertz CT molecular complexity index is 1030. The molecule has 0 N–H and O–H groups in total. The molecule has 0 bridgehead atoms. The average Bonchev–Trinajstić information content (AvgIpc) is 3.15. The molecule has 0 spiro atoms. The molecule has 0 radical (unpaired) electrons. The van der Waals surface area contributed by atoms with Gasteiger partial charge in [-0.2, -0.15) is 0 Å². The van der Waals surface area contributed by atoms with Crippen LogP contribution in [-0.2, 0) is 16.1 Å². The minimum atomic E-state index is -0.149. The van der Waals surface area contributed by atoms with Crippen LogP contribution in [0.1, 0.15) is 36.5 Å². The molecule has 0 aromatic heterocycles.